The Labute approximate surface area is 104 Å². The molecule has 17 heavy (non-hydrogen) atoms. The number of thiocarbonyl (C=S) groups is 1. The normalized spacial score (nSPS) is 9.94. The summed E-state index contributed by atoms with van der Waals surface area (Å²) in [5.41, 5.74) is 5.05. The lowest BCUT2D eigenvalue weighted by Crippen LogP contribution is -2.35. The van der Waals surface area contributed by atoms with Gasteiger partial charge < -0.3 is 15.2 Å². The van der Waals surface area contributed by atoms with Gasteiger partial charge in [0.25, 0.3) is 5.56 Å². The molecule has 0 spiro atoms. The monoisotopic (exact) mass is 254 g/mol. The third kappa shape index (κ3) is 4.31. The van der Waals surface area contributed by atoms with Gasteiger partial charge in [-0.3, -0.25) is 14.6 Å². The Kier molecular flexibility index (Phi) is 4.77. The van der Waals surface area contributed by atoms with Crippen LogP contribution in [0.15, 0.2) is 23.4 Å². The van der Waals surface area contributed by atoms with Crippen molar-refractivity contribution in [3.8, 4) is 0 Å². The van der Waals surface area contributed by atoms with E-state index < -0.39 is 0 Å². The number of carbonyl (C=O) groups is 1. The molecular weight excluding hydrogens is 240 g/mol. The van der Waals surface area contributed by atoms with E-state index in [1.807, 2.05) is 0 Å². The molecule has 0 bridgehead atoms. The second-order valence-corrected chi connectivity index (χ2v) is 4.10. The van der Waals surface area contributed by atoms with Gasteiger partial charge in [0.15, 0.2) is 0 Å². The highest BCUT2D eigenvalue weighted by molar-refractivity contribution is 7.80. The van der Waals surface area contributed by atoms with Gasteiger partial charge in [0.05, 0.1) is 11.2 Å². The zero-order valence-electron chi connectivity index (χ0n) is 9.50. The molecule has 0 saturated carbocycles. The van der Waals surface area contributed by atoms with Crippen molar-refractivity contribution in [1.29, 1.82) is 0 Å². The van der Waals surface area contributed by atoms with Crippen LogP contribution in [0.4, 0.5) is 0 Å². The van der Waals surface area contributed by atoms with Crippen LogP contribution in [0.25, 0.3) is 0 Å². The standard InChI is InChI=1S/C10H14N4O2S/c1-13(4-2-8(11)17)10(16)7-14-5-3-12-6-9(14)15/h3,5-6H,2,4,7H2,1H3,(H2,11,17). The highest BCUT2D eigenvalue weighted by Gasteiger charge is 2.10. The van der Waals surface area contributed by atoms with Gasteiger partial charge in [0, 0.05) is 32.4 Å². The Hall–Kier alpha value is -1.76. The predicted molar refractivity (Wildman–Crippen MR) is 67.5 cm³/mol. The maximum Gasteiger partial charge on any atom is 0.269 e. The van der Waals surface area contributed by atoms with E-state index in [0.717, 1.165) is 0 Å². The van der Waals surface area contributed by atoms with Crippen molar-refractivity contribution >= 4 is 23.1 Å². The molecule has 1 aromatic heterocycles. The maximum atomic E-state index is 11.7. The molecule has 0 atom stereocenters. The van der Waals surface area contributed by atoms with Gasteiger partial charge in [-0.1, -0.05) is 12.2 Å². The summed E-state index contributed by atoms with van der Waals surface area (Å²) in [5.74, 6) is -0.172. The summed E-state index contributed by atoms with van der Waals surface area (Å²) < 4.78 is 1.30. The highest BCUT2D eigenvalue weighted by atomic mass is 32.1. The lowest BCUT2D eigenvalue weighted by Gasteiger charge is -2.17. The van der Waals surface area contributed by atoms with Crippen molar-refractivity contribution in [1.82, 2.24) is 14.5 Å². The van der Waals surface area contributed by atoms with Crippen molar-refractivity contribution in [3.63, 3.8) is 0 Å². The molecule has 0 fully saturated rings. The molecule has 0 aliphatic carbocycles. The van der Waals surface area contributed by atoms with Crippen LogP contribution in [0.2, 0.25) is 0 Å². The molecule has 0 aromatic carbocycles. The van der Waals surface area contributed by atoms with Gasteiger partial charge in [0.2, 0.25) is 5.91 Å². The maximum absolute atomic E-state index is 11.7. The van der Waals surface area contributed by atoms with Crippen molar-refractivity contribution in [2.45, 2.75) is 13.0 Å². The quantitative estimate of drug-likeness (QED) is 0.708. The van der Waals surface area contributed by atoms with Gasteiger partial charge in [-0.2, -0.15) is 0 Å². The van der Waals surface area contributed by atoms with Crippen molar-refractivity contribution < 1.29 is 4.79 Å². The Morgan fingerprint density at radius 1 is 1.65 bits per heavy atom. The summed E-state index contributed by atoms with van der Waals surface area (Å²) in [6.07, 6.45) is 4.58. The van der Waals surface area contributed by atoms with Crippen LogP contribution in [0.5, 0.6) is 0 Å². The number of amides is 1. The first-order chi connectivity index (χ1) is 8.00. The van der Waals surface area contributed by atoms with Gasteiger partial charge in [-0.05, 0) is 0 Å². The number of aromatic nitrogens is 2. The molecule has 6 nitrogen and oxygen atoms in total. The molecule has 0 radical (unpaired) electrons. The number of carbonyl (C=O) groups excluding carboxylic acids is 1. The van der Waals surface area contributed by atoms with Gasteiger partial charge >= 0.3 is 0 Å². The number of rotatable bonds is 5. The minimum Gasteiger partial charge on any atom is -0.393 e. The average molecular weight is 254 g/mol. The number of hydrogen-bond donors (Lipinski definition) is 1. The van der Waals surface area contributed by atoms with E-state index in [9.17, 15) is 9.59 Å². The van der Waals surface area contributed by atoms with Crippen LogP contribution in [-0.2, 0) is 11.3 Å². The van der Waals surface area contributed by atoms with Crippen molar-refractivity contribution in [2.24, 2.45) is 5.73 Å². The van der Waals surface area contributed by atoms with E-state index in [2.05, 4.69) is 4.98 Å². The molecule has 0 aliphatic heterocycles. The third-order valence-corrected chi connectivity index (χ3v) is 2.43. The molecule has 92 valence electrons. The number of likely N-dealkylation sites (N-methyl/N-ethyl adjacent to an activating group) is 1. The second-order valence-electron chi connectivity index (χ2n) is 3.57. The fraction of sp³-hybridized carbons (Fsp3) is 0.400. The molecule has 1 amide bonds. The van der Waals surface area contributed by atoms with E-state index in [1.165, 1.54) is 28.1 Å². The lowest BCUT2D eigenvalue weighted by molar-refractivity contribution is -0.130. The summed E-state index contributed by atoms with van der Waals surface area (Å²) in [7, 11) is 1.65. The number of nitrogens with zero attached hydrogens (tertiary/aromatic N) is 3. The topological polar surface area (TPSA) is 81.2 Å². The first-order valence-electron chi connectivity index (χ1n) is 5.03. The molecule has 7 heteroatoms. The lowest BCUT2D eigenvalue weighted by atomic mass is 10.4. The Morgan fingerprint density at radius 3 is 2.94 bits per heavy atom. The predicted octanol–water partition coefficient (Wildman–Crippen LogP) is -0.622. The summed E-state index contributed by atoms with van der Waals surface area (Å²) in [6.45, 7) is 0.448. The summed E-state index contributed by atoms with van der Waals surface area (Å²) in [6, 6.07) is 0. The number of nitrogens with two attached hydrogens (primary N) is 1. The highest BCUT2D eigenvalue weighted by Crippen LogP contribution is 1.92. The minimum atomic E-state index is -0.302. The SMILES string of the molecule is CN(CCC(N)=S)C(=O)Cn1ccncc1=O. The summed E-state index contributed by atoms with van der Waals surface area (Å²) in [4.78, 5) is 28.6. The van der Waals surface area contributed by atoms with Crippen LogP contribution in [0.3, 0.4) is 0 Å². The first kappa shape index (κ1) is 13.3. The van der Waals surface area contributed by atoms with Gasteiger partial charge in [0.1, 0.15) is 6.54 Å². The van der Waals surface area contributed by atoms with Gasteiger partial charge in [-0.15, -0.1) is 0 Å². The Balaban J connectivity index is 2.57. The fourth-order valence-electron chi connectivity index (χ4n) is 1.17. The first-order valence-corrected chi connectivity index (χ1v) is 5.44. The van der Waals surface area contributed by atoms with Crippen LogP contribution >= 0.6 is 12.2 Å². The molecule has 0 aliphatic rings. The third-order valence-electron chi connectivity index (χ3n) is 2.23. The summed E-state index contributed by atoms with van der Waals surface area (Å²) in [5, 5.41) is 0. The van der Waals surface area contributed by atoms with Crippen LogP contribution in [-0.4, -0.2) is 38.9 Å². The average Bonchev–Trinajstić information content (AvgIpc) is 2.28. The second kappa shape index (κ2) is 6.09. The minimum absolute atomic E-state index is 0.00478. The van der Waals surface area contributed by atoms with Crippen LogP contribution in [0, 0.1) is 0 Å². The largest absolute Gasteiger partial charge is 0.393 e. The van der Waals surface area contributed by atoms with Crippen LogP contribution < -0.4 is 11.3 Å². The molecule has 2 N–H and O–H groups in total. The molecule has 1 heterocycles. The van der Waals surface area contributed by atoms with Gasteiger partial charge in [-0.25, -0.2) is 0 Å². The van der Waals surface area contributed by atoms with E-state index in [-0.39, 0.29) is 18.0 Å². The molecule has 1 rings (SSSR count). The molecule has 1 aromatic rings. The summed E-state index contributed by atoms with van der Waals surface area (Å²) >= 11 is 4.73. The molecular formula is C10H14N4O2S. The Morgan fingerprint density at radius 2 is 2.35 bits per heavy atom. The van der Waals surface area contributed by atoms with Crippen LogP contribution in [0.1, 0.15) is 6.42 Å². The number of hydrogen-bond acceptors (Lipinski definition) is 4. The molecule has 0 saturated heterocycles. The van der Waals surface area contributed by atoms with E-state index in [1.54, 1.807) is 7.05 Å². The van der Waals surface area contributed by atoms with Crippen molar-refractivity contribution in [2.75, 3.05) is 13.6 Å². The van der Waals surface area contributed by atoms with E-state index >= 15 is 0 Å². The van der Waals surface area contributed by atoms with E-state index in [0.29, 0.717) is 18.0 Å². The molecule has 0 unspecified atom stereocenters. The Bertz CT molecular complexity index is 471. The zero-order valence-corrected chi connectivity index (χ0v) is 10.3. The smallest absolute Gasteiger partial charge is 0.269 e. The van der Waals surface area contributed by atoms with Crippen molar-refractivity contribution in [3.05, 3.63) is 28.9 Å². The fourth-order valence-corrected chi connectivity index (χ4v) is 1.26. The zero-order chi connectivity index (χ0) is 12.8. The van der Waals surface area contributed by atoms with E-state index in [4.69, 9.17) is 18.0 Å².